The van der Waals surface area contributed by atoms with Crippen LogP contribution in [0, 0.1) is 0 Å². The quantitative estimate of drug-likeness (QED) is 0.505. The summed E-state index contributed by atoms with van der Waals surface area (Å²) in [6, 6.07) is 0. The molecule has 2 nitrogen and oxygen atoms in total. The minimum absolute atomic E-state index is 0.738. The molecule has 0 saturated heterocycles. The Hall–Kier alpha value is -0.660. The summed E-state index contributed by atoms with van der Waals surface area (Å²) in [6.45, 7) is 3.78. The van der Waals surface area contributed by atoms with Crippen LogP contribution in [0.4, 0.5) is 0 Å². The molecule has 0 spiro atoms. The zero-order valence-electron chi connectivity index (χ0n) is 4.86. The molecule has 0 aliphatic heterocycles. The van der Waals surface area contributed by atoms with Gasteiger partial charge in [0.15, 0.2) is 0 Å². The van der Waals surface area contributed by atoms with Crippen molar-refractivity contribution in [2.75, 3.05) is 0 Å². The number of allylic oxidation sites excluding steroid dienone is 2. The van der Waals surface area contributed by atoms with Crippen LogP contribution in [0.1, 0.15) is 20.3 Å². The monoisotopic (exact) mass is 100 g/mol. The molecular formula is C5H12N2. The van der Waals surface area contributed by atoms with Crippen LogP contribution in [-0.4, -0.2) is 0 Å². The number of rotatable bonds is 1. The highest BCUT2D eigenvalue weighted by Crippen LogP contribution is 1.92. The van der Waals surface area contributed by atoms with Gasteiger partial charge in [-0.25, -0.2) is 0 Å². The van der Waals surface area contributed by atoms with Crippen molar-refractivity contribution in [3.05, 3.63) is 11.4 Å². The van der Waals surface area contributed by atoms with E-state index in [-0.39, 0.29) is 0 Å². The van der Waals surface area contributed by atoms with E-state index in [9.17, 15) is 0 Å². The summed E-state index contributed by atoms with van der Waals surface area (Å²) in [4.78, 5) is 0. The maximum absolute atomic E-state index is 5.37. The first-order valence-corrected chi connectivity index (χ1v) is 2.39. The zero-order chi connectivity index (χ0) is 5.86. The van der Waals surface area contributed by atoms with E-state index in [1.165, 1.54) is 0 Å². The molecule has 0 amide bonds. The molecule has 4 N–H and O–H groups in total. The van der Waals surface area contributed by atoms with E-state index in [1.807, 2.05) is 6.92 Å². The lowest BCUT2D eigenvalue weighted by atomic mass is 10.3. The molecule has 0 heterocycles. The Balaban J connectivity index is 3.72. The van der Waals surface area contributed by atoms with E-state index in [4.69, 9.17) is 11.5 Å². The standard InChI is InChI=1S/C5H12N2/c1-3-5(7)4(2)6/h3,6-7H2,1-2H3. The topological polar surface area (TPSA) is 52.0 Å². The van der Waals surface area contributed by atoms with Crippen molar-refractivity contribution in [3.8, 4) is 0 Å². The predicted molar refractivity (Wildman–Crippen MR) is 31.4 cm³/mol. The number of nitrogens with two attached hydrogens (primary N) is 2. The average Bonchev–Trinajstić information content (AvgIpc) is 1.65. The Morgan fingerprint density at radius 3 is 1.86 bits per heavy atom. The molecule has 0 saturated carbocycles. The van der Waals surface area contributed by atoms with E-state index < -0.39 is 0 Å². The van der Waals surface area contributed by atoms with Crippen LogP contribution in [0.3, 0.4) is 0 Å². The van der Waals surface area contributed by atoms with Gasteiger partial charge < -0.3 is 11.5 Å². The highest BCUT2D eigenvalue weighted by Gasteiger charge is 1.84. The fourth-order valence-electron chi connectivity index (χ4n) is 0.279. The lowest BCUT2D eigenvalue weighted by Crippen LogP contribution is -2.04. The first kappa shape index (κ1) is 6.34. The minimum Gasteiger partial charge on any atom is -0.401 e. The molecule has 0 fully saturated rings. The van der Waals surface area contributed by atoms with Crippen LogP contribution < -0.4 is 11.5 Å². The molecule has 0 aliphatic rings. The van der Waals surface area contributed by atoms with Gasteiger partial charge in [-0.2, -0.15) is 0 Å². The van der Waals surface area contributed by atoms with Gasteiger partial charge in [0.05, 0.1) is 0 Å². The Morgan fingerprint density at radius 2 is 1.86 bits per heavy atom. The summed E-state index contributed by atoms with van der Waals surface area (Å²) in [5.74, 6) is 0. The first-order valence-electron chi connectivity index (χ1n) is 2.39. The third kappa shape index (κ3) is 2.09. The average molecular weight is 100 g/mol. The fraction of sp³-hybridized carbons (Fsp3) is 0.600. The molecule has 42 valence electrons. The van der Waals surface area contributed by atoms with Gasteiger partial charge in [-0.15, -0.1) is 0 Å². The maximum Gasteiger partial charge on any atom is 0.0265 e. The van der Waals surface area contributed by atoms with Gasteiger partial charge in [0, 0.05) is 11.4 Å². The van der Waals surface area contributed by atoms with Crippen molar-refractivity contribution in [2.24, 2.45) is 11.5 Å². The molecule has 0 bridgehead atoms. The van der Waals surface area contributed by atoms with E-state index in [0.717, 1.165) is 17.8 Å². The summed E-state index contributed by atoms with van der Waals surface area (Å²) < 4.78 is 0. The van der Waals surface area contributed by atoms with Gasteiger partial charge >= 0.3 is 0 Å². The second-order valence-corrected chi connectivity index (χ2v) is 1.56. The van der Waals surface area contributed by atoms with E-state index in [2.05, 4.69) is 0 Å². The largest absolute Gasteiger partial charge is 0.401 e. The minimum atomic E-state index is 0.738. The highest BCUT2D eigenvalue weighted by atomic mass is 14.7. The normalized spacial score (nSPS) is 13.4. The first-order chi connectivity index (χ1) is 3.18. The summed E-state index contributed by atoms with van der Waals surface area (Å²) in [7, 11) is 0. The van der Waals surface area contributed by atoms with Gasteiger partial charge in [-0.05, 0) is 13.3 Å². The van der Waals surface area contributed by atoms with Crippen molar-refractivity contribution in [2.45, 2.75) is 20.3 Å². The van der Waals surface area contributed by atoms with Crippen molar-refractivity contribution in [1.82, 2.24) is 0 Å². The summed E-state index contributed by atoms with van der Waals surface area (Å²) in [6.07, 6.45) is 0.850. The molecular weight excluding hydrogens is 88.1 g/mol. The van der Waals surface area contributed by atoms with Gasteiger partial charge in [-0.3, -0.25) is 0 Å². The molecule has 0 aliphatic carbocycles. The fourth-order valence-corrected chi connectivity index (χ4v) is 0.279. The molecule has 0 atom stereocenters. The SMILES string of the molecule is CCC(N)=C(C)N. The van der Waals surface area contributed by atoms with Gasteiger partial charge in [0.25, 0.3) is 0 Å². The van der Waals surface area contributed by atoms with Crippen LogP contribution in [0.2, 0.25) is 0 Å². The Labute approximate surface area is 44.2 Å². The van der Waals surface area contributed by atoms with Gasteiger partial charge in [-0.1, -0.05) is 6.92 Å². The zero-order valence-corrected chi connectivity index (χ0v) is 4.86. The summed E-state index contributed by atoms with van der Waals surface area (Å²) >= 11 is 0. The molecule has 0 aromatic heterocycles. The third-order valence-corrected chi connectivity index (χ3v) is 0.887. The second-order valence-electron chi connectivity index (χ2n) is 1.56. The van der Waals surface area contributed by atoms with Crippen LogP contribution in [0.5, 0.6) is 0 Å². The lowest BCUT2D eigenvalue weighted by molar-refractivity contribution is 1.01. The highest BCUT2D eigenvalue weighted by molar-refractivity contribution is 5.02. The lowest BCUT2D eigenvalue weighted by Gasteiger charge is -1.95. The molecule has 0 unspecified atom stereocenters. The van der Waals surface area contributed by atoms with Crippen molar-refractivity contribution < 1.29 is 0 Å². The van der Waals surface area contributed by atoms with Gasteiger partial charge in [0.1, 0.15) is 0 Å². The summed E-state index contributed by atoms with van der Waals surface area (Å²) in [5, 5.41) is 0. The maximum atomic E-state index is 5.37. The summed E-state index contributed by atoms with van der Waals surface area (Å²) in [5.41, 5.74) is 12.2. The molecule has 0 rings (SSSR count). The van der Waals surface area contributed by atoms with Crippen LogP contribution in [0.25, 0.3) is 0 Å². The second kappa shape index (κ2) is 2.50. The Morgan fingerprint density at radius 1 is 1.43 bits per heavy atom. The predicted octanol–water partition coefficient (Wildman–Crippen LogP) is 0.545. The molecule has 2 heteroatoms. The molecule has 7 heavy (non-hydrogen) atoms. The van der Waals surface area contributed by atoms with E-state index in [0.29, 0.717) is 0 Å². The third-order valence-electron chi connectivity index (χ3n) is 0.887. The smallest absolute Gasteiger partial charge is 0.0265 e. The van der Waals surface area contributed by atoms with Crippen LogP contribution >= 0.6 is 0 Å². The van der Waals surface area contributed by atoms with Crippen molar-refractivity contribution in [3.63, 3.8) is 0 Å². The number of hydrogen-bond acceptors (Lipinski definition) is 2. The molecule has 0 aromatic carbocycles. The van der Waals surface area contributed by atoms with E-state index in [1.54, 1.807) is 6.92 Å². The van der Waals surface area contributed by atoms with Crippen LogP contribution in [0.15, 0.2) is 11.4 Å². The van der Waals surface area contributed by atoms with Crippen molar-refractivity contribution in [1.29, 1.82) is 0 Å². The molecule has 0 aromatic rings. The van der Waals surface area contributed by atoms with Gasteiger partial charge in [0.2, 0.25) is 0 Å². The Kier molecular flexibility index (Phi) is 2.27. The van der Waals surface area contributed by atoms with E-state index >= 15 is 0 Å². The Bertz CT molecular complexity index is 80.1. The number of hydrogen-bond donors (Lipinski definition) is 2. The van der Waals surface area contributed by atoms with Crippen molar-refractivity contribution >= 4 is 0 Å². The van der Waals surface area contributed by atoms with Crippen LogP contribution in [-0.2, 0) is 0 Å². The molecule has 0 radical (unpaired) electrons.